The molecule has 2 aromatic carbocycles. The predicted molar refractivity (Wildman–Crippen MR) is 123 cm³/mol. The van der Waals surface area contributed by atoms with Gasteiger partial charge in [0.1, 0.15) is 11.6 Å². The zero-order valence-corrected chi connectivity index (χ0v) is 18.1. The summed E-state index contributed by atoms with van der Waals surface area (Å²) in [6, 6.07) is 12.4. The first-order valence-electron chi connectivity index (χ1n) is 10.4. The van der Waals surface area contributed by atoms with Gasteiger partial charge in [0.15, 0.2) is 5.84 Å². The maximum atomic E-state index is 13.2. The molecule has 0 atom stereocenters. The average Bonchev–Trinajstić information content (AvgIpc) is 3.26. The zero-order valence-electron chi connectivity index (χ0n) is 18.1. The van der Waals surface area contributed by atoms with Gasteiger partial charge >= 0.3 is 0 Å². The highest BCUT2D eigenvalue weighted by Gasteiger charge is 2.19. The van der Waals surface area contributed by atoms with Gasteiger partial charge in [0.25, 0.3) is 0 Å². The van der Waals surface area contributed by atoms with Crippen LogP contribution in [-0.4, -0.2) is 58.8 Å². The van der Waals surface area contributed by atoms with Crippen LogP contribution < -0.4 is 9.64 Å². The Kier molecular flexibility index (Phi) is 6.39. The average molecular weight is 436 g/mol. The minimum Gasteiger partial charge on any atom is -0.495 e. The molecule has 0 aliphatic carbocycles. The number of hydrogen-bond acceptors (Lipinski definition) is 5. The molecule has 0 saturated carbocycles. The SMILES string of the molecule is COc1cc(C=CC(=NO)N2CCN(c3ccc(F)cc3)CC2)ccc1-n1cnc(C)c1. The molecule has 4 rings (SSSR count). The maximum Gasteiger partial charge on any atom is 0.168 e. The van der Waals surface area contributed by atoms with Gasteiger partial charge in [-0.05, 0) is 55.0 Å². The van der Waals surface area contributed by atoms with Gasteiger partial charge in [0, 0.05) is 38.1 Å². The molecule has 0 bridgehead atoms. The number of nitrogens with zero attached hydrogens (tertiary/aromatic N) is 5. The number of aryl methyl sites for hydroxylation is 1. The lowest BCUT2D eigenvalue weighted by atomic mass is 10.1. The van der Waals surface area contributed by atoms with Crippen LogP contribution in [0.5, 0.6) is 5.75 Å². The lowest BCUT2D eigenvalue weighted by Crippen LogP contribution is -2.48. The third-order valence-electron chi connectivity index (χ3n) is 5.52. The highest BCUT2D eigenvalue weighted by molar-refractivity contribution is 5.96. The Morgan fingerprint density at radius 3 is 2.50 bits per heavy atom. The van der Waals surface area contributed by atoms with Crippen LogP contribution in [0.15, 0.2) is 66.2 Å². The number of amidine groups is 1. The van der Waals surface area contributed by atoms with E-state index in [4.69, 9.17) is 4.74 Å². The third-order valence-corrected chi connectivity index (χ3v) is 5.52. The van der Waals surface area contributed by atoms with Gasteiger partial charge in [-0.15, -0.1) is 0 Å². The van der Waals surface area contributed by atoms with E-state index in [1.165, 1.54) is 12.1 Å². The number of oxime groups is 1. The molecule has 0 amide bonds. The summed E-state index contributed by atoms with van der Waals surface area (Å²) in [4.78, 5) is 8.48. The molecule has 166 valence electrons. The van der Waals surface area contributed by atoms with Crippen LogP contribution in [0.1, 0.15) is 11.3 Å². The Morgan fingerprint density at radius 2 is 1.88 bits per heavy atom. The van der Waals surface area contributed by atoms with Crippen molar-refractivity contribution in [2.75, 3.05) is 38.2 Å². The normalized spacial score (nSPS) is 14.9. The first-order chi connectivity index (χ1) is 15.6. The Hall–Kier alpha value is -3.81. The van der Waals surface area contributed by atoms with Gasteiger partial charge in [0.05, 0.1) is 24.8 Å². The second-order valence-electron chi connectivity index (χ2n) is 7.60. The highest BCUT2D eigenvalue weighted by Crippen LogP contribution is 2.25. The summed E-state index contributed by atoms with van der Waals surface area (Å²) in [6.07, 6.45) is 7.39. The molecule has 1 aliphatic heterocycles. The van der Waals surface area contributed by atoms with E-state index in [0.717, 1.165) is 41.5 Å². The first-order valence-corrected chi connectivity index (χ1v) is 10.4. The van der Waals surface area contributed by atoms with Crippen molar-refractivity contribution in [3.05, 3.63) is 78.1 Å². The van der Waals surface area contributed by atoms with Crippen molar-refractivity contribution < 1.29 is 14.3 Å². The molecule has 3 aromatic rings. The summed E-state index contributed by atoms with van der Waals surface area (Å²) in [5.41, 5.74) is 3.75. The second-order valence-corrected chi connectivity index (χ2v) is 7.60. The van der Waals surface area contributed by atoms with Crippen molar-refractivity contribution >= 4 is 17.6 Å². The second kappa shape index (κ2) is 9.55. The van der Waals surface area contributed by atoms with Crippen molar-refractivity contribution in [2.24, 2.45) is 5.16 Å². The number of aromatic nitrogens is 2. The van der Waals surface area contributed by atoms with Crippen LogP contribution in [0.2, 0.25) is 0 Å². The fraction of sp³-hybridized carbons (Fsp3) is 0.250. The molecule has 8 heteroatoms. The summed E-state index contributed by atoms with van der Waals surface area (Å²) < 4.78 is 20.6. The summed E-state index contributed by atoms with van der Waals surface area (Å²) in [6.45, 7) is 4.85. The van der Waals surface area contributed by atoms with Crippen LogP contribution in [0.25, 0.3) is 11.8 Å². The number of hydrogen-bond donors (Lipinski definition) is 1. The third kappa shape index (κ3) is 4.74. The molecule has 0 spiro atoms. The molecular weight excluding hydrogens is 409 g/mol. The Labute approximate surface area is 186 Å². The molecular formula is C24H26FN5O2. The van der Waals surface area contributed by atoms with Gasteiger partial charge in [-0.3, -0.25) is 0 Å². The van der Waals surface area contributed by atoms with Crippen molar-refractivity contribution in [3.63, 3.8) is 0 Å². The van der Waals surface area contributed by atoms with Gasteiger partial charge < -0.3 is 24.3 Å². The first kappa shape index (κ1) is 21.4. The summed E-state index contributed by atoms with van der Waals surface area (Å²) >= 11 is 0. The number of rotatable bonds is 5. The van der Waals surface area contributed by atoms with Gasteiger partial charge in [-0.1, -0.05) is 17.3 Å². The minimum absolute atomic E-state index is 0.239. The van der Waals surface area contributed by atoms with Crippen LogP contribution >= 0.6 is 0 Å². The summed E-state index contributed by atoms with van der Waals surface area (Å²) in [7, 11) is 1.64. The molecule has 1 aromatic heterocycles. The van der Waals surface area contributed by atoms with Crippen molar-refractivity contribution in [1.29, 1.82) is 0 Å². The Morgan fingerprint density at radius 1 is 1.12 bits per heavy atom. The van der Waals surface area contributed by atoms with Gasteiger partial charge in [0.2, 0.25) is 0 Å². The fourth-order valence-electron chi connectivity index (χ4n) is 3.78. The molecule has 1 aliphatic rings. The zero-order chi connectivity index (χ0) is 22.5. The number of imidazole rings is 1. The smallest absolute Gasteiger partial charge is 0.168 e. The van der Waals surface area contributed by atoms with E-state index in [-0.39, 0.29) is 5.82 Å². The van der Waals surface area contributed by atoms with Crippen molar-refractivity contribution in [1.82, 2.24) is 14.5 Å². The number of anilines is 1. The molecule has 0 radical (unpaired) electrons. The van der Waals surface area contributed by atoms with Crippen LogP contribution in [0, 0.1) is 12.7 Å². The molecule has 1 fully saturated rings. The van der Waals surface area contributed by atoms with E-state index in [2.05, 4.69) is 15.0 Å². The van der Waals surface area contributed by atoms with E-state index in [0.29, 0.717) is 18.9 Å². The summed E-state index contributed by atoms with van der Waals surface area (Å²) in [5.74, 6) is 0.981. The number of halogens is 1. The van der Waals surface area contributed by atoms with Crippen molar-refractivity contribution in [3.8, 4) is 11.4 Å². The predicted octanol–water partition coefficient (Wildman–Crippen LogP) is 3.95. The monoisotopic (exact) mass is 435 g/mol. The van der Waals surface area contributed by atoms with Crippen LogP contribution in [0.4, 0.5) is 10.1 Å². The molecule has 1 saturated heterocycles. The standard InChI is InChI=1S/C24H26FN5O2/c1-18-16-30(17-26-18)22-9-3-19(15-23(22)32-2)4-10-24(27-31)29-13-11-28(12-14-29)21-7-5-20(25)6-8-21/h3-10,15-17,31H,11-14H2,1-2H3. The lowest BCUT2D eigenvalue weighted by molar-refractivity contribution is 0.297. The number of ether oxygens (including phenoxy) is 1. The lowest BCUT2D eigenvalue weighted by Gasteiger charge is -2.36. The van der Waals surface area contributed by atoms with Crippen molar-refractivity contribution in [2.45, 2.75) is 6.92 Å². The number of benzene rings is 2. The molecule has 2 heterocycles. The molecule has 1 N–H and O–H groups in total. The molecule has 7 nitrogen and oxygen atoms in total. The highest BCUT2D eigenvalue weighted by atomic mass is 19.1. The Bertz CT molecular complexity index is 1120. The number of methoxy groups -OCH3 is 1. The molecule has 32 heavy (non-hydrogen) atoms. The Balaban J connectivity index is 1.42. The van der Waals surface area contributed by atoms with Crippen LogP contribution in [-0.2, 0) is 0 Å². The van der Waals surface area contributed by atoms with Crippen LogP contribution in [0.3, 0.4) is 0 Å². The van der Waals surface area contributed by atoms with E-state index in [1.54, 1.807) is 31.6 Å². The van der Waals surface area contributed by atoms with E-state index in [9.17, 15) is 9.60 Å². The van der Waals surface area contributed by atoms with Gasteiger partial charge in [-0.2, -0.15) is 0 Å². The quantitative estimate of drug-likeness (QED) is 0.285. The van der Waals surface area contributed by atoms with E-state index >= 15 is 0 Å². The molecule has 0 unspecified atom stereocenters. The van der Waals surface area contributed by atoms with Gasteiger partial charge in [-0.25, -0.2) is 9.37 Å². The largest absolute Gasteiger partial charge is 0.495 e. The van der Waals surface area contributed by atoms with E-state index in [1.807, 2.05) is 46.9 Å². The van der Waals surface area contributed by atoms with E-state index < -0.39 is 0 Å². The number of piperazine rings is 1. The summed E-state index contributed by atoms with van der Waals surface area (Å²) in [5, 5.41) is 13.1. The fourth-order valence-corrected chi connectivity index (χ4v) is 3.78. The minimum atomic E-state index is -0.239. The topological polar surface area (TPSA) is 66.1 Å². The maximum absolute atomic E-state index is 13.2.